The molecular formula is C15H21NO3. The number of hydrogen-bond acceptors (Lipinski definition) is 2. The molecule has 1 unspecified atom stereocenters. The topological polar surface area (TPSA) is 57.6 Å². The van der Waals surface area contributed by atoms with Gasteiger partial charge in [-0.25, -0.2) is 0 Å². The fraction of sp³-hybridized carbons (Fsp3) is 0.867. The monoisotopic (exact) mass is 263 g/mol. The van der Waals surface area contributed by atoms with Crippen LogP contribution in [0.2, 0.25) is 0 Å². The summed E-state index contributed by atoms with van der Waals surface area (Å²) in [5.74, 6) is 1.20. The highest BCUT2D eigenvalue weighted by molar-refractivity contribution is 5.86. The number of nitrogens with zero attached hydrogens (tertiary/aromatic N) is 1. The second-order valence-corrected chi connectivity index (χ2v) is 7.39. The van der Waals surface area contributed by atoms with Crippen LogP contribution < -0.4 is 0 Å². The summed E-state index contributed by atoms with van der Waals surface area (Å²) in [5.41, 5.74) is 0.0377. The van der Waals surface area contributed by atoms with Crippen molar-refractivity contribution in [3.8, 4) is 0 Å². The number of aliphatic carboxylic acids is 1. The minimum Gasteiger partial charge on any atom is -0.481 e. The first-order chi connectivity index (χ1) is 9.06. The van der Waals surface area contributed by atoms with E-state index in [1.54, 1.807) is 0 Å². The molecule has 5 aliphatic rings. The number of carboxylic acid groups (broad SMARTS) is 1. The third kappa shape index (κ3) is 1.65. The van der Waals surface area contributed by atoms with Gasteiger partial charge in [0.05, 0.1) is 5.92 Å². The molecule has 4 bridgehead atoms. The Morgan fingerprint density at radius 2 is 1.63 bits per heavy atom. The van der Waals surface area contributed by atoms with E-state index in [-0.39, 0.29) is 17.9 Å². The first kappa shape index (κ1) is 11.7. The molecular weight excluding hydrogens is 242 g/mol. The Labute approximate surface area is 113 Å². The normalized spacial score (nSPS) is 48.0. The number of likely N-dealkylation sites (tertiary alicyclic amines) is 1. The molecule has 4 saturated carbocycles. The van der Waals surface area contributed by atoms with Crippen LogP contribution in [0.25, 0.3) is 0 Å². The summed E-state index contributed by atoms with van der Waals surface area (Å²) in [6, 6.07) is 0. The van der Waals surface area contributed by atoms with Gasteiger partial charge in [0.1, 0.15) is 0 Å². The number of carbonyl (C=O) groups is 2. The van der Waals surface area contributed by atoms with Gasteiger partial charge >= 0.3 is 5.97 Å². The Bertz CT molecular complexity index is 409. The van der Waals surface area contributed by atoms with Crippen molar-refractivity contribution in [1.29, 1.82) is 0 Å². The molecule has 5 rings (SSSR count). The summed E-state index contributed by atoms with van der Waals surface area (Å²) >= 11 is 0. The number of carboxylic acids is 1. The van der Waals surface area contributed by atoms with Gasteiger partial charge in [0.25, 0.3) is 0 Å². The molecule has 4 aliphatic carbocycles. The zero-order valence-electron chi connectivity index (χ0n) is 11.2. The van der Waals surface area contributed by atoms with Crippen LogP contribution in [0.1, 0.15) is 44.9 Å². The average Bonchev–Trinajstić information content (AvgIpc) is 2.70. The number of amides is 1. The summed E-state index contributed by atoms with van der Waals surface area (Å²) in [5, 5.41) is 9.15. The summed E-state index contributed by atoms with van der Waals surface area (Å²) < 4.78 is 0. The molecule has 1 aliphatic heterocycles. The molecule has 0 spiro atoms. The predicted molar refractivity (Wildman–Crippen MR) is 68.4 cm³/mol. The van der Waals surface area contributed by atoms with Gasteiger partial charge in [-0.2, -0.15) is 0 Å². The fourth-order valence-electron chi connectivity index (χ4n) is 5.73. The lowest BCUT2D eigenvalue weighted by Crippen LogP contribution is -2.60. The molecule has 4 heteroatoms. The lowest BCUT2D eigenvalue weighted by molar-refractivity contribution is -0.145. The van der Waals surface area contributed by atoms with Crippen LogP contribution in [0, 0.1) is 23.7 Å². The van der Waals surface area contributed by atoms with Crippen LogP contribution >= 0.6 is 0 Å². The Balaban J connectivity index is 1.62. The molecule has 1 saturated heterocycles. The third-order valence-corrected chi connectivity index (χ3v) is 6.05. The molecule has 1 N–H and O–H groups in total. The zero-order chi connectivity index (χ0) is 13.2. The van der Waals surface area contributed by atoms with Gasteiger partial charge in [0.15, 0.2) is 0 Å². The van der Waals surface area contributed by atoms with Crippen molar-refractivity contribution in [3.63, 3.8) is 0 Å². The molecule has 1 heterocycles. The predicted octanol–water partition coefficient (Wildman–Crippen LogP) is 1.89. The van der Waals surface area contributed by atoms with Crippen LogP contribution in [0.5, 0.6) is 0 Å². The second kappa shape index (κ2) is 3.74. The Hall–Kier alpha value is -1.06. The minimum absolute atomic E-state index is 0.0377. The number of rotatable bonds is 2. The summed E-state index contributed by atoms with van der Waals surface area (Å²) in [6.45, 7) is 0.459. The van der Waals surface area contributed by atoms with Crippen LogP contribution in [0.15, 0.2) is 0 Å². The molecule has 4 nitrogen and oxygen atoms in total. The minimum atomic E-state index is -0.805. The van der Waals surface area contributed by atoms with Crippen molar-refractivity contribution in [1.82, 2.24) is 4.90 Å². The van der Waals surface area contributed by atoms with E-state index < -0.39 is 11.9 Å². The molecule has 0 aromatic rings. The number of carbonyl (C=O) groups excluding carboxylic acids is 1. The van der Waals surface area contributed by atoms with E-state index in [1.165, 1.54) is 19.3 Å². The lowest BCUT2D eigenvalue weighted by Gasteiger charge is -2.59. The summed E-state index contributed by atoms with van der Waals surface area (Å²) in [4.78, 5) is 25.4. The van der Waals surface area contributed by atoms with Crippen molar-refractivity contribution in [3.05, 3.63) is 0 Å². The highest BCUT2D eigenvalue weighted by Crippen LogP contribution is 2.58. The maximum Gasteiger partial charge on any atom is 0.308 e. The fourth-order valence-corrected chi connectivity index (χ4v) is 5.73. The highest BCUT2D eigenvalue weighted by Gasteiger charge is 2.56. The largest absolute Gasteiger partial charge is 0.481 e. The first-order valence-electron chi connectivity index (χ1n) is 7.59. The van der Waals surface area contributed by atoms with Gasteiger partial charge in [-0.3, -0.25) is 9.59 Å². The van der Waals surface area contributed by atoms with Gasteiger partial charge in [-0.05, 0) is 56.3 Å². The summed E-state index contributed by atoms with van der Waals surface area (Å²) in [6.07, 6.45) is 7.68. The molecule has 104 valence electrons. The second-order valence-electron chi connectivity index (χ2n) is 7.39. The van der Waals surface area contributed by atoms with Crippen LogP contribution in [-0.4, -0.2) is 34.0 Å². The molecule has 1 atom stereocenters. The van der Waals surface area contributed by atoms with E-state index in [4.69, 9.17) is 5.11 Å². The standard InChI is InChI=1S/C15H21NO3/c17-13-4-12(14(18)19)8-16(13)15-5-9-1-10(6-15)3-11(2-9)7-15/h9-12H,1-8H2,(H,18,19). The van der Waals surface area contributed by atoms with Crippen LogP contribution in [-0.2, 0) is 9.59 Å². The first-order valence-corrected chi connectivity index (χ1v) is 7.59. The highest BCUT2D eigenvalue weighted by atomic mass is 16.4. The van der Waals surface area contributed by atoms with E-state index in [0.717, 1.165) is 37.0 Å². The van der Waals surface area contributed by atoms with Crippen molar-refractivity contribution < 1.29 is 14.7 Å². The third-order valence-electron chi connectivity index (χ3n) is 6.05. The Morgan fingerprint density at radius 1 is 1.11 bits per heavy atom. The van der Waals surface area contributed by atoms with Gasteiger partial charge in [-0.1, -0.05) is 0 Å². The van der Waals surface area contributed by atoms with Gasteiger partial charge in [0.2, 0.25) is 5.91 Å². The SMILES string of the molecule is O=C(O)C1CC(=O)N(C23CC4CC(CC(C4)C2)C3)C1. The molecule has 0 radical (unpaired) electrons. The van der Waals surface area contributed by atoms with Crippen LogP contribution in [0.4, 0.5) is 0 Å². The summed E-state index contributed by atoms with van der Waals surface area (Å²) in [7, 11) is 0. The zero-order valence-corrected chi connectivity index (χ0v) is 11.2. The smallest absolute Gasteiger partial charge is 0.308 e. The maximum atomic E-state index is 12.3. The molecule has 0 aromatic heterocycles. The Morgan fingerprint density at radius 3 is 2.05 bits per heavy atom. The van der Waals surface area contributed by atoms with Crippen LogP contribution in [0.3, 0.4) is 0 Å². The van der Waals surface area contributed by atoms with Gasteiger partial charge in [-0.15, -0.1) is 0 Å². The Kier molecular flexibility index (Phi) is 2.31. The van der Waals surface area contributed by atoms with Crippen molar-refractivity contribution >= 4 is 11.9 Å². The lowest BCUT2D eigenvalue weighted by atomic mass is 9.52. The van der Waals surface area contributed by atoms with Crippen molar-refractivity contribution in [2.75, 3.05) is 6.54 Å². The van der Waals surface area contributed by atoms with E-state index in [2.05, 4.69) is 0 Å². The molecule has 5 fully saturated rings. The average molecular weight is 263 g/mol. The quantitative estimate of drug-likeness (QED) is 0.827. The van der Waals surface area contributed by atoms with E-state index >= 15 is 0 Å². The maximum absolute atomic E-state index is 12.3. The van der Waals surface area contributed by atoms with E-state index in [1.807, 2.05) is 4.90 Å². The molecule has 0 aromatic carbocycles. The van der Waals surface area contributed by atoms with Crippen molar-refractivity contribution in [2.24, 2.45) is 23.7 Å². The van der Waals surface area contributed by atoms with E-state index in [9.17, 15) is 9.59 Å². The molecule has 1 amide bonds. The molecule has 19 heavy (non-hydrogen) atoms. The van der Waals surface area contributed by atoms with Gasteiger partial charge in [0, 0.05) is 18.5 Å². The van der Waals surface area contributed by atoms with E-state index in [0.29, 0.717) is 6.54 Å². The van der Waals surface area contributed by atoms with Crippen molar-refractivity contribution in [2.45, 2.75) is 50.5 Å². The number of hydrogen-bond donors (Lipinski definition) is 1. The van der Waals surface area contributed by atoms with Gasteiger partial charge < -0.3 is 10.0 Å².